The van der Waals surface area contributed by atoms with Gasteiger partial charge in [0.05, 0.1) is 6.54 Å². The van der Waals surface area contributed by atoms with Crippen LogP contribution in [0, 0.1) is 5.82 Å². The fourth-order valence-corrected chi connectivity index (χ4v) is 3.44. The predicted molar refractivity (Wildman–Crippen MR) is 119 cm³/mol. The maximum absolute atomic E-state index is 12.9. The highest BCUT2D eigenvalue weighted by Crippen LogP contribution is 2.18. The first-order chi connectivity index (χ1) is 14.1. The molecule has 0 unspecified atom stereocenters. The van der Waals surface area contributed by atoms with Crippen LogP contribution in [0.5, 0.6) is 0 Å². The molecule has 7 heteroatoms. The van der Waals surface area contributed by atoms with E-state index in [1.807, 2.05) is 32.0 Å². The highest BCUT2D eigenvalue weighted by molar-refractivity contribution is 7.99. The zero-order valence-electron chi connectivity index (χ0n) is 17.0. The largest absolute Gasteiger partial charge is 0.357 e. The third-order valence-corrected chi connectivity index (χ3v) is 5.08. The Labute approximate surface area is 176 Å². The van der Waals surface area contributed by atoms with Gasteiger partial charge in [-0.15, -0.1) is 11.8 Å². The molecule has 1 amide bonds. The Morgan fingerprint density at radius 1 is 1.03 bits per heavy atom. The van der Waals surface area contributed by atoms with Crippen LogP contribution < -0.4 is 16.0 Å². The average Bonchev–Trinajstić information content (AvgIpc) is 2.73. The van der Waals surface area contributed by atoms with Crippen LogP contribution in [0.25, 0.3) is 0 Å². The molecule has 2 rings (SSSR count). The van der Waals surface area contributed by atoms with Crippen LogP contribution in [0.3, 0.4) is 0 Å². The van der Waals surface area contributed by atoms with Gasteiger partial charge in [0.25, 0.3) is 5.91 Å². The second kappa shape index (κ2) is 12.8. The fraction of sp³-hybridized carbons (Fsp3) is 0.364. The molecular formula is C22H29FN4OS. The van der Waals surface area contributed by atoms with Crippen LogP contribution in [0.1, 0.15) is 36.2 Å². The summed E-state index contributed by atoms with van der Waals surface area (Å²) in [5, 5.41) is 9.38. The molecule has 0 aliphatic rings. The predicted octanol–water partition coefficient (Wildman–Crippen LogP) is 3.81. The highest BCUT2D eigenvalue weighted by Gasteiger charge is 2.05. The summed E-state index contributed by atoms with van der Waals surface area (Å²) in [6.07, 6.45) is 0.957. The second-order valence-electron chi connectivity index (χ2n) is 6.34. The molecular weight excluding hydrogens is 387 g/mol. The molecule has 0 aliphatic carbocycles. The number of thioether (sulfide) groups is 1. The minimum absolute atomic E-state index is 0.0676. The lowest BCUT2D eigenvalue weighted by Crippen LogP contribution is -2.37. The minimum Gasteiger partial charge on any atom is -0.357 e. The number of nitrogens with one attached hydrogen (secondary N) is 3. The molecule has 0 aromatic heterocycles. The standard InChI is InChI=1S/C22H29FN4OS/c1-3-24-21(28)18-8-5-7-17(15-18)16-27-22(25-4-2)26-13-6-14-29-20-11-9-19(23)10-12-20/h5,7-12,15H,3-4,6,13-14,16H2,1-2H3,(H,24,28)(H2,25,26,27). The van der Waals surface area contributed by atoms with E-state index in [1.54, 1.807) is 30.0 Å². The summed E-state index contributed by atoms with van der Waals surface area (Å²) in [6.45, 7) is 6.59. The van der Waals surface area contributed by atoms with Crippen LogP contribution >= 0.6 is 11.8 Å². The Morgan fingerprint density at radius 3 is 2.52 bits per heavy atom. The molecule has 0 fully saturated rings. The Kier molecular flexibility index (Phi) is 10.1. The van der Waals surface area contributed by atoms with Crippen molar-refractivity contribution < 1.29 is 9.18 Å². The lowest BCUT2D eigenvalue weighted by Gasteiger charge is -2.11. The van der Waals surface area contributed by atoms with Crippen LogP contribution in [-0.4, -0.2) is 37.3 Å². The van der Waals surface area contributed by atoms with Crippen molar-refractivity contribution in [3.05, 3.63) is 65.5 Å². The first-order valence-electron chi connectivity index (χ1n) is 9.90. The zero-order chi connectivity index (χ0) is 20.9. The summed E-state index contributed by atoms with van der Waals surface area (Å²) in [5.74, 6) is 1.41. The third kappa shape index (κ3) is 8.56. The van der Waals surface area contributed by atoms with Crippen molar-refractivity contribution in [2.24, 2.45) is 4.99 Å². The number of nitrogens with zero attached hydrogens (tertiary/aromatic N) is 1. The summed E-state index contributed by atoms with van der Waals surface area (Å²) in [5.41, 5.74) is 1.63. The average molecular weight is 417 g/mol. The van der Waals surface area contributed by atoms with Gasteiger partial charge in [0.2, 0.25) is 0 Å². The SMILES string of the molecule is CCNC(=O)c1cccc(CN=C(NCC)NCCCSc2ccc(F)cc2)c1. The molecule has 0 spiro atoms. The molecule has 156 valence electrons. The number of halogens is 1. The maximum atomic E-state index is 12.9. The van der Waals surface area contributed by atoms with Gasteiger partial charge in [0, 0.05) is 30.1 Å². The van der Waals surface area contributed by atoms with Crippen LogP contribution in [0.15, 0.2) is 58.4 Å². The molecule has 0 heterocycles. The van der Waals surface area contributed by atoms with Crippen molar-refractivity contribution in [2.45, 2.75) is 31.7 Å². The number of carbonyl (C=O) groups excluding carboxylic acids is 1. The van der Waals surface area contributed by atoms with Crippen molar-refractivity contribution >= 4 is 23.6 Å². The number of hydrogen-bond acceptors (Lipinski definition) is 3. The normalized spacial score (nSPS) is 11.2. The second-order valence-corrected chi connectivity index (χ2v) is 7.51. The van der Waals surface area contributed by atoms with E-state index in [4.69, 9.17) is 0 Å². The van der Waals surface area contributed by atoms with Gasteiger partial charge >= 0.3 is 0 Å². The van der Waals surface area contributed by atoms with Crippen molar-refractivity contribution in [3.63, 3.8) is 0 Å². The first-order valence-corrected chi connectivity index (χ1v) is 10.9. The molecule has 0 aliphatic heterocycles. The van der Waals surface area contributed by atoms with Crippen molar-refractivity contribution in [2.75, 3.05) is 25.4 Å². The van der Waals surface area contributed by atoms with Crippen molar-refractivity contribution in [1.82, 2.24) is 16.0 Å². The molecule has 29 heavy (non-hydrogen) atoms. The van der Waals surface area contributed by atoms with Gasteiger partial charge in [-0.05, 0) is 68.0 Å². The van der Waals surface area contributed by atoms with Gasteiger partial charge in [0.1, 0.15) is 5.82 Å². The van der Waals surface area contributed by atoms with E-state index in [-0.39, 0.29) is 11.7 Å². The number of guanidine groups is 1. The van der Waals surface area contributed by atoms with Crippen LogP contribution in [-0.2, 0) is 6.54 Å². The topological polar surface area (TPSA) is 65.5 Å². The lowest BCUT2D eigenvalue weighted by molar-refractivity contribution is 0.0955. The third-order valence-electron chi connectivity index (χ3n) is 3.99. The number of amides is 1. The van der Waals surface area contributed by atoms with Gasteiger partial charge in [-0.3, -0.25) is 4.79 Å². The highest BCUT2D eigenvalue weighted by atomic mass is 32.2. The van der Waals surface area contributed by atoms with Gasteiger partial charge in [0.15, 0.2) is 5.96 Å². The van der Waals surface area contributed by atoms with Crippen molar-refractivity contribution in [1.29, 1.82) is 0 Å². The zero-order valence-corrected chi connectivity index (χ0v) is 17.8. The van der Waals surface area contributed by atoms with E-state index in [9.17, 15) is 9.18 Å². The Hall–Kier alpha value is -2.54. The number of aliphatic imine (C=N–C) groups is 1. The maximum Gasteiger partial charge on any atom is 0.251 e. The first kappa shape index (κ1) is 22.7. The van der Waals surface area contributed by atoms with E-state index >= 15 is 0 Å². The Morgan fingerprint density at radius 2 is 1.79 bits per heavy atom. The monoisotopic (exact) mass is 416 g/mol. The van der Waals surface area contributed by atoms with Gasteiger partial charge in [-0.1, -0.05) is 12.1 Å². The summed E-state index contributed by atoms with van der Waals surface area (Å²) >= 11 is 1.71. The van der Waals surface area contributed by atoms with E-state index in [0.29, 0.717) is 18.7 Å². The Balaban J connectivity index is 1.80. The molecule has 2 aromatic carbocycles. The molecule has 0 radical (unpaired) electrons. The minimum atomic E-state index is -0.209. The number of hydrogen-bond donors (Lipinski definition) is 3. The van der Waals surface area contributed by atoms with E-state index in [2.05, 4.69) is 20.9 Å². The molecule has 3 N–H and O–H groups in total. The Bertz CT molecular complexity index is 796. The van der Waals surface area contributed by atoms with E-state index in [1.165, 1.54) is 12.1 Å². The van der Waals surface area contributed by atoms with Gasteiger partial charge in [-0.25, -0.2) is 9.38 Å². The summed E-state index contributed by atoms with van der Waals surface area (Å²) in [6, 6.07) is 14.1. The van der Waals surface area contributed by atoms with Gasteiger partial charge in [-0.2, -0.15) is 0 Å². The smallest absolute Gasteiger partial charge is 0.251 e. The molecule has 0 bridgehead atoms. The van der Waals surface area contributed by atoms with Crippen LogP contribution in [0.4, 0.5) is 4.39 Å². The number of benzene rings is 2. The summed E-state index contributed by atoms with van der Waals surface area (Å²) < 4.78 is 12.9. The quantitative estimate of drug-likeness (QED) is 0.238. The lowest BCUT2D eigenvalue weighted by atomic mass is 10.1. The fourth-order valence-electron chi connectivity index (χ4n) is 2.59. The van der Waals surface area contributed by atoms with E-state index < -0.39 is 0 Å². The summed E-state index contributed by atoms with van der Waals surface area (Å²) in [4.78, 5) is 17.6. The molecule has 2 aromatic rings. The molecule has 5 nitrogen and oxygen atoms in total. The molecule has 0 atom stereocenters. The van der Waals surface area contributed by atoms with E-state index in [0.717, 1.165) is 41.7 Å². The van der Waals surface area contributed by atoms with Crippen LogP contribution in [0.2, 0.25) is 0 Å². The van der Waals surface area contributed by atoms with Gasteiger partial charge < -0.3 is 16.0 Å². The molecule has 0 saturated carbocycles. The molecule has 0 saturated heterocycles. The summed E-state index contributed by atoms with van der Waals surface area (Å²) in [7, 11) is 0. The number of rotatable bonds is 10. The van der Waals surface area contributed by atoms with Crippen molar-refractivity contribution in [3.8, 4) is 0 Å². The number of carbonyl (C=O) groups is 1.